The molecule has 1 saturated carbocycles. The summed E-state index contributed by atoms with van der Waals surface area (Å²) in [5.41, 5.74) is 0.567. The summed E-state index contributed by atoms with van der Waals surface area (Å²) < 4.78 is 4.96. The van der Waals surface area contributed by atoms with Crippen molar-refractivity contribution in [3.8, 4) is 0 Å². The van der Waals surface area contributed by atoms with Gasteiger partial charge in [0.1, 0.15) is 6.26 Å². The maximum Gasteiger partial charge on any atom is 0.257 e. The van der Waals surface area contributed by atoms with Crippen LogP contribution in [0.5, 0.6) is 0 Å². The number of rotatable bonds is 6. The molecule has 6 heteroatoms. The van der Waals surface area contributed by atoms with E-state index in [1.54, 1.807) is 11.0 Å². The zero-order chi connectivity index (χ0) is 18.4. The van der Waals surface area contributed by atoms with Crippen LogP contribution in [0, 0.1) is 11.8 Å². The molecular formula is C20H30N2O4. The quantitative estimate of drug-likeness (QED) is 0.762. The number of likely N-dealkylation sites (tertiary alicyclic amines) is 1. The summed E-state index contributed by atoms with van der Waals surface area (Å²) >= 11 is 0. The number of furan rings is 1. The molecule has 0 radical (unpaired) electrons. The average molecular weight is 362 g/mol. The van der Waals surface area contributed by atoms with Gasteiger partial charge in [0.15, 0.2) is 0 Å². The predicted molar refractivity (Wildman–Crippen MR) is 97.5 cm³/mol. The van der Waals surface area contributed by atoms with E-state index in [-0.39, 0.29) is 23.8 Å². The lowest BCUT2D eigenvalue weighted by Crippen LogP contribution is -2.43. The number of aliphatic hydroxyl groups is 1. The van der Waals surface area contributed by atoms with Gasteiger partial charge in [-0.15, -0.1) is 0 Å². The standard InChI is InChI=1S/C20H30N2O4/c23-18-6-2-1-4-15(18)5-3-10-21-19(24)16-7-11-22(12-8-16)20(25)17-9-13-26-14-17/h9,13-16,18,23H,1-8,10-12H2,(H,21,24). The number of carbonyl (C=O) groups excluding carboxylic acids is 2. The topological polar surface area (TPSA) is 82.8 Å². The van der Waals surface area contributed by atoms with E-state index < -0.39 is 0 Å². The van der Waals surface area contributed by atoms with E-state index in [0.717, 1.165) is 32.1 Å². The summed E-state index contributed by atoms with van der Waals surface area (Å²) in [7, 11) is 0. The monoisotopic (exact) mass is 362 g/mol. The lowest BCUT2D eigenvalue weighted by Gasteiger charge is -2.31. The van der Waals surface area contributed by atoms with E-state index in [1.165, 1.54) is 18.9 Å². The molecule has 2 fully saturated rings. The Balaban J connectivity index is 1.33. The minimum Gasteiger partial charge on any atom is -0.472 e. The number of amides is 2. The molecule has 2 N–H and O–H groups in total. The molecular weight excluding hydrogens is 332 g/mol. The maximum atomic E-state index is 12.3. The molecule has 0 bridgehead atoms. The molecule has 3 rings (SSSR count). The Hall–Kier alpha value is -1.82. The Morgan fingerprint density at radius 1 is 1.19 bits per heavy atom. The molecule has 2 heterocycles. The average Bonchev–Trinajstić information content (AvgIpc) is 3.20. The SMILES string of the molecule is O=C(NCCCC1CCCCC1O)C1CCN(C(=O)c2ccoc2)CC1. The molecule has 2 amide bonds. The highest BCUT2D eigenvalue weighted by Crippen LogP contribution is 2.27. The first-order valence-corrected chi connectivity index (χ1v) is 9.92. The number of aliphatic hydroxyl groups excluding tert-OH is 1. The van der Waals surface area contributed by atoms with Crippen LogP contribution in [0.1, 0.15) is 61.7 Å². The lowest BCUT2D eigenvalue weighted by atomic mass is 9.83. The first-order chi connectivity index (χ1) is 12.6. The number of nitrogens with zero attached hydrogens (tertiary/aromatic N) is 1. The molecule has 1 aromatic rings. The third-order valence-corrected chi connectivity index (χ3v) is 5.84. The Kier molecular flexibility index (Phi) is 6.72. The third-order valence-electron chi connectivity index (χ3n) is 5.84. The van der Waals surface area contributed by atoms with E-state index in [2.05, 4.69) is 5.32 Å². The van der Waals surface area contributed by atoms with E-state index >= 15 is 0 Å². The summed E-state index contributed by atoms with van der Waals surface area (Å²) in [6.07, 6.45) is 10.5. The van der Waals surface area contributed by atoms with Gasteiger partial charge < -0.3 is 19.7 Å². The highest BCUT2D eigenvalue weighted by molar-refractivity contribution is 5.94. The summed E-state index contributed by atoms with van der Waals surface area (Å²) in [4.78, 5) is 26.4. The fourth-order valence-electron chi connectivity index (χ4n) is 4.16. The number of hydrogen-bond donors (Lipinski definition) is 2. The predicted octanol–water partition coefficient (Wildman–Crippen LogP) is 2.58. The maximum absolute atomic E-state index is 12.3. The van der Waals surface area contributed by atoms with Gasteiger partial charge in [-0.05, 0) is 50.5 Å². The van der Waals surface area contributed by atoms with Crippen molar-refractivity contribution in [2.45, 2.75) is 57.5 Å². The highest BCUT2D eigenvalue weighted by atomic mass is 16.3. The molecule has 0 aromatic carbocycles. The smallest absolute Gasteiger partial charge is 0.257 e. The van der Waals surface area contributed by atoms with E-state index in [0.29, 0.717) is 44.0 Å². The Labute approximate surface area is 154 Å². The Morgan fingerprint density at radius 3 is 2.65 bits per heavy atom. The summed E-state index contributed by atoms with van der Waals surface area (Å²) in [5.74, 6) is 0.467. The van der Waals surface area contributed by atoms with Crippen molar-refractivity contribution in [2.24, 2.45) is 11.8 Å². The van der Waals surface area contributed by atoms with Gasteiger partial charge >= 0.3 is 0 Å². The lowest BCUT2D eigenvalue weighted by molar-refractivity contribution is -0.126. The van der Waals surface area contributed by atoms with Crippen LogP contribution in [-0.2, 0) is 4.79 Å². The van der Waals surface area contributed by atoms with E-state index in [4.69, 9.17) is 4.42 Å². The fraction of sp³-hybridized carbons (Fsp3) is 0.700. The largest absolute Gasteiger partial charge is 0.472 e. The second kappa shape index (κ2) is 9.21. The van der Waals surface area contributed by atoms with Gasteiger partial charge in [-0.2, -0.15) is 0 Å². The van der Waals surface area contributed by atoms with Gasteiger partial charge in [-0.3, -0.25) is 9.59 Å². The van der Waals surface area contributed by atoms with Crippen LogP contribution in [0.15, 0.2) is 23.0 Å². The van der Waals surface area contributed by atoms with Crippen molar-refractivity contribution in [1.29, 1.82) is 0 Å². The molecule has 6 nitrogen and oxygen atoms in total. The second-order valence-electron chi connectivity index (χ2n) is 7.62. The molecule has 144 valence electrons. The van der Waals surface area contributed by atoms with E-state index in [1.807, 2.05) is 0 Å². The first-order valence-electron chi connectivity index (χ1n) is 9.92. The minimum absolute atomic E-state index is 0.0105. The molecule has 1 aliphatic carbocycles. The van der Waals surface area contributed by atoms with Crippen LogP contribution in [0.3, 0.4) is 0 Å². The fourth-order valence-corrected chi connectivity index (χ4v) is 4.16. The highest BCUT2D eigenvalue weighted by Gasteiger charge is 2.28. The van der Waals surface area contributed by atoms with Gasteiger partial charge in [0.2, 0.25) is 5.91 Å². The number of nitrogens with one attached hydrogen (secondary N) is 1. The zero-order valence-corrected chi connectivity index (χ0v) is 15.4. The van der Waals surface area contributed by atoms with Gasteiger partial charge in [-0.1, -0.05) is 12.8 Å². The van der Waals surface area contributed by atoms with Gasteiger partial charge in [0.05, 0.1) is 17.9 Å². The Morgan fingerprint density at radius 2 is 1.96 bits per heavy atom. The molecule has 1 saturated heterocycles. The first kappa shape index (κ1) is 19.0. The molecule has 1 aromatic heterocycles. The van der Waals surface area contributed by atoms with Crippen LogP contribution in [0.2, 0.25) is 0 Å². The normalized spacial score (nSPS) is 24.4. The third kappa shape index (κ3) is 4.87. The van der Waals surface area contributed by atoms with Crippen molar-refractivity contribution in [2.75, 3.05) is 19.6 Å². The minimum atomic E-state index is -0.156. The van der Waals surface area contributed by atoms with Crippen molar-refractivity contribution in [1.82, 2.24) is 10.2 Å². The number of piperidine rings is 1. The summed E-state index contributed by atoms with van der Waals surface area (Å²) in [5, 5.41) is 13.0. The van der Waals surface area contributed by atoms with Crippen LogP contribution < -0.4 is 5.32 Å². The molecule has 2 atom stereocenters. The molecule has 1 aliphatic heterocycles. The van der Waals surface area contributed by atoms with Gasteiger partial charge in [0, 0.05) is 25.6 Å². The summed E-state index contributed by atoms with van der Waals surface area (Å²) in [6, 6.07) is 1.67. The Bertz CT molecular complexity index is 579. The summed E-state index contributed by atoms with van der Waals surface area (Å²) in [6.45, 7) is 1.89. The zero-order valence-electron chi connectivity index (χ0n) is 15.4. The molecule has 0 spiro atoms. The molecule has 26 heavy (non-hydrogen) atoms. The number of hydrogen-bond acceptors (Lipinski definition) is 4. The van der Waals surface area contributed by atoms with Crippen LogP contribution in [-0.4, -0.2) is 47.6 Å². The van der Waals surface area contributed by atoms with Crippen molar-refractivity contribution >= 4 is 11.8 Å². The van der Waals surface area contributed by atoms with Gasteiger partial charge in [0.25, 0.3) is 5.91 Å². The van der Waals surface area contributed by atoms with E-state index in [9.17, 15) is 14.7 Å². The van der Waals surface area contributed by atoms with Gasteiger partial charge in [-0.25, -0.2) is 0 Å². The van der Waals surface area contributed by atoms with Crippen molar-refractivity contribution < 1.29 is 19.1 Å². The van der Waals surface area contributed by atoms with Crippen LogP contribution >= 0.6 is 0 Å². The van der Waals surface area contributed by atoms with Crippen molar-refractivity contribution in [3.05, 3.63) is 24.2 Å². The van der Waals surface area contributed by atoms with Crippen LogP contribution in [0.4, 0.5) is 0 Å². The van der Waals surface area contributed by atoms with Crippen molar-refractivity contribution in [3.63, 3.8) is 0 Å². The molecule has 2 unspecified atom stereocenters. The molecule has 2 aliphatic rings. The number of carbonyl (C=O) groups is 2. The second-order valence-corrected chi connectivity index (χ2v) is 7.62. The van der Waals surface area contributed by atoms with Crippen LogP contribution in [0.25, 0.3) is 0 Å².